The Hall–Kier alpha value is -2.98. The van der Waals surface area contributed by atoms with Crippen molar-refractivity contribution in [3.05, 3.63) is 48.0 Å². The summed E-state index contributed by atoms with van der Waals surface area (Å²) >= 11 is 0. The lowest BCUT2D eigenvalue weighted by Crippen LogP contribution is -1.99. The topological polar surface area (TPSA) is 84.1 Å². The van der Waals surface area contributed by atoms with Gasteiger partial charge in [-0.15, -0.1) is 0 Å². The fourth-order valence-electron chi connectivity index (χ4n) is 3.01. The van der Waals surface area contributed by atoms with Crippen molar-refractivity contribution in [2.45, 2.75) is 13.5 Å². The van der Waals surface area contributed by atoms with Gasteiger partial charge in [-0.25, -0.2) is 8.42 Å². The van der Waals surface area contributed by atoms with Crippen LogP contribution in [0.4, 0.5) is 5.69 Å². The number of benzene rings is 2. The maximum atomic E-state index is 10.8. The molecule has 1 aromatic heterocycles. The highest BCUT2D eigenvalue weighted by atomic mass is 32.2. The van der Waals surface area contributed by atoms with Crippen LogP contribution in [0.15, 0.2) is 42.5 Å². The van der Waals surface area contributed by atoms with E-state index in [4.69, 9.17) is 4.74 Å². The Bertz CT molecular complexity index is 1040. The fourth-order valence-corrected chi connectivity index (χ4v) is 3.37. The van der Waals surface area contributed by atoms with Crippen molar-refractivity contribution >= 4 is 27.5 Å². The van der Waals surface area contributed by atoms with Gasteiger partial charge in [-0.05, 0) is 36.8 Å². The van der Waals surface area contributed by atoms with Crippen LogP contribution in [0.25, 0.3) is 22.2 Å². The van der Waals surface area contributed by atoms with Gasteiger partial charge in [0, 0.05) is 23.7 Å². The quantitative estimate of drug-likeness (QED) is 0.689. The maximum absolute atomic E-state index is 10.8. The summed E-state index contributed by atoms with van der Waals surface area (Å²) in [5.74, 6) is 0.731. The number of fused-ring (bicyclic) bond motifs is 1. The van der Waals surface area contributed by atoms with Gasteiger partial charge in [0.2, 0.25) is 10.9 Å². The summed E-state index contributed by atoms with van der Waals surface area (Å²) in [7, 11) is -1.09. The molecule has 128 valence electrons. The Kier molecular flexibility index (Phi) is 4.63. The highest BCUT2D eigenvalue weighted by Crippen LogP contribution is 2.35. The van der Waals surface area contributed by atoms with Crippen LogP contribution in [0, 0.1) is 11.3 Å². The Morgan fingerprint density at radius 3 is 2.48 bits per heavy atom. The molecule has 0 aliphatic rings. The van der Waals surface area contributed by atoms with E-state index in [0.29, 0.717) is 17.8 Å². The summed E-state index contributed by atoms with van der Waals surface area (Å²) in [5, 5.41) is 10.6. The van der Waals surface area contributed by atoms with Crippen LogP contribution in [0.2, 0.25) is 0 Å². The summed E-state index contributed by atoms with van der Waals surface area (Å²) in [4.78, 5) is 0. The minimum absolute atomic E-state index is 0.485. The van der Waals surface area contributed by atoms with Crippen LogP contribution in [-0.2, 0) is 17.4 Å². The van der Waals surface area contributed by atoms with E-state index in [1.54, 1.807) is 31.4 Å². The van der Waals surface area contributed by atoms with Crippen molar-refractivity contribution in [1.29, 1.82) is 5.26 Å². The third kappa shape index (κ3) is 3.04. The highest BCUT2D eigenvalue weighted by Gasteiger charge is 2.18. The second-order valence-corrected chi connectivity index (χ2v) is 6.15. The summed E-state index contributed by atoms with van der Waals surface area (Å²) in [6.07, 6.45) is 0. The van der Waals surface area contributed by atoms with E-state index >= 15 is 0 Å². The third-order valence-corrected chi connectivity index (χ3v) is 4.52. The highest BCUT2D eigenvalue weighted by molar-refractivity contribution is 7.73. The molecule has 0 radical (unpaired) electrons. The number of hydrogen-bond donors (Lipinski definition) is 2. The van der Waals surface area contributed by atoms with Crippen LogP contribution >= 0.6 is 0 Å². The predicted molar refractivity (Wildman–Crippen MR) is 98.3 cm³/mol. The maximum Gasteiger partial charge on any atom is 0.222 e. The lowest BCUT2D eigenvalue weighted by molar-refractivity contribution is 0.415. The Morgan fingerprint density at radius 1 is 1.20 bits per heavy atom. The summed E-state index contributed by atoms with van der Waals surface area (Å²) < 4.78 is 31.2. The van der Waals surface area contributed by atoms with Gasteiger partial charge >= 0.3 is 0 Å². The number of hydrogen-bond acceptors (Lipinski definition) is 4. The standard InChI is InChI=1S/C18H17N3O3S/c1-3-21-17-10-14(24-2)8-9-15(17)16(11-19)18(21)12-4-6-13(7-5-12)20-25(22)23/h4-10,25H,3H2,1-2H3,(H,20,22,23). The van der Waals surface area contributed by atoms with Gasteiger partial charge in [0.15, 0.2) is 0 Å². The zero-order chi connectivity index (χ0) is 18.0. The molecule has 1 heterocycles. The molecule has 0 bridgehead atoms. The lowest BCUT2D eigenvalue weighted by Gasteiger charge is -2.10. The minimum Gasteiger partial charge on any atom is -0.497 e. The summed E-state index contributed by atoms with van der Waals surface area (Å²) in [6.45, 7) is 2.70. The average Bonchev–Trinajstić information content (AvgIpc) is 2.94. The molecule has 0 saturated heterocycles. The Morgan fingerprint density at radius 2 is 1.92 bits per heavy atom. The number of methoxy groups -OCH3 is 1. The first-order valence-electron chi connectivity index (χ1n) is 7.70. The molecule has 0 fully saturated rings. The van der Waals surface area contributed by atoms with Gasteiger partial charge in [-0.2, -0.15) is 5.26 Å². The van der Waals surface area contributed by atoms with Crippen molar-refractivity contribution in [2.75, 3.05) is 11.8 Å². The normalized spacial score (nSPS) is 10.8. The molecule has 2 aromatic carbocycles. The molecule has 0 spiro atoms. The van der Waals surface area contributed by atoms with Crippen LogP contribution in [0.3, 0.4) is 0 Å². The third-order valence-electron chi connectivity index (χ3n) is 4.08. The molecule has 6 nitrogen and oxygen atoms in total. The molecule has 0 atom stereocenters. The first-order valence-corrected chi connectivity index (χ1v) is 8.88. The zero-order valence-electron chi connectivity index (χ0n) is 13.8. The molecule has 7 heteroatoms. The average molecular weight is 355 g/mol. The van der Waals surface area contributed by atoms with E-state index in [0.717, 1.165) is 27.9 Å². The van der Waals surface area contributed by atoms with Gasteiger partial charge in [0.25, 0.3) is 0 Å². The number of thiol groups is 1. The number of nitrogens with one attached hydrogen (secondary N) is 1. The molecule has 0 aliphatic carbocycles. The molecule has 3 rings (SSSR count). The Balaban J connectivity index is 2.22. The van der Waals surface area contributed by atoms with Crippen molar-refractivity contribution in [3.63, 3.8) is 0 Å². The number of rotatable bonds is 5. The van der Waals surface area contributed by atoms with Gasteiger partial charge in [0.1, 0.15) is 11.8 Å². The smallest absolute Gasteiger partial charge is 0.222 e. The zero-order valence-corrected chi connectivity index (χ0v) is 14.7. The van der Waals surface area contributed by atoms with Crippen LogP contribution < -0.4 is 9.46 Å². The fraction of sp³-hybridized carbons (Fsp3) is 0.167. The van der Waals surface area contributed by atoms with Crippen molar-refractivity contribution in [1.82, 2.24) is 4.57 Å². The van der Waals surface area contributed by atoms with Gasteiger partial charge in [-0.3, -0.25) is 4.72 Å². The van der Waals surface area contributed by atoms with Crippen molar-refractivity contribution in [2.24, 2.45) is 0 Å². The Labute approximate surface area is 147 Å². The monoisotopic (exact) mass is 355 g/mol. The molecule has 3 aromatic rings. The first-order chi connectivity index (χ1) is 12.1. The predicted octanol–water partition coefficient (Wildman–Crippen LogP) is 3.15. The van der Waals surface area contributed by atoms with Crippen LogP contribution in [0.5, 0.6) is 5.75 Å². The number of nitriles is 1. The molecule has 0 unspecified atom stereocenters. The van der Waals surface area contributed by atoms with E-state index in [9.17, 15) is 13.7 Å². The second kappa shape index (κ2) is 6.87. The van der Waals surface area contributed by atoms with Crippen LogP contribution in [-0.4, -0.2) is 20.1 Å². The molecule has 1 N–H and O–H groups in total. The number of aryl methyl sites for hydroxylation is 1. The van der Waals surface area contributed by atoms with Crippen molar-refractivity contribution in [3.8, 4) is 23.1 Å². The van der Waals surface area contributed by atoms with Gasteiger partial charge < -0.3 is 9.30 Å². The summed E-state index contributed by atoms with van der Waals surface area (Å²) in [5.41, 5.74) is 3.67. The molecular formula is C18H17N3O3S. The number of ether oxygens (including phenoxy) is 1. The SMILES string of the molecule is CCn1c(-c2ccc(N[SH](=O)=O)cc2)c(C#N)c2ccc(OC)cc21. The number of anilines is 1. The molecule has 0 aliphatic heterocycles. The number of aromatic nitrogens is 1. The molecular weight excluding hydrogens is 338 g/mol. The van der Waals surface area contributed by atoms with E-state index in [2.05, 4.69) is 15.4 Å². The number of nitrogens with zero attached hydrogens (tertiary/aromatic N) is 2. The van der Waals surface area contributed by atoms with E-state index in [1.165, 1.54) is 0 Å². The van der Waals surface area contributed by atoms with Gasteiger partial charge in [0.05, 0.1) is 23.9 Å². The molecule has 25 heavy (non-hydrogen) atoms. The lowest BCUT2D eigenvalue weighted by atomic mass is 10.1. The molecule has 0 amide bonds. The first kappa shape index (κ1) is 16.9. The summed E-state index contributed by atoms with van der Waals surface area (Å²) in [6, 6.07) is 14.9. The minimum atomic E-state index is -2.70. The molecule has 0 saturated carbocycles. The largest absolute Gasteiger partial charge is 0.497 e. The van der Waals surface area contributed by atoms with Crippen LogP contribution in [0.1, 0.15) is 12.5 Å². The van der Waals surface area contributed by atoms with E-state index in [-0.39, 0.29) is 0 Å². The van der Waals surface area contributed by atoms with Gasteiger partial charge in [-0.1, -0.05) is 12.1 Å². The van der Waals surface area contributed by atoms with Crippen molar-refractivity contribution < 1.29 is 13.2 Å². The van der Waals surface area contributed by atoms with E-state index < -0.39 is 10.9 Å². The van der Waals surface area contributed by atoms with E-state index in [1.807, 2.05) is 25.1 Å². The second-order valence-electron chi connectivity index (χ2n) is 5.41.